The molecule has 0 atom stereocenters. The standard InChI is InChI=1S/C15H11F5N4S/c1-24-13(9-2-3-21-6-11(9)25-7-12(16)17)23-10-4-8(15(18,19)20)5-22-14(10)24/h2-6,12H,7H2,1H3. The predicted octanol–water partition coefficient (Wildman–Crippen LogP) is 4.41. The van der Waals surface area contributed by atoms with Crippen LogP contribution in [0.3, 0.4) is 0 Å². The summed E-state index contributed by atoms with van der Waals surface area (Å²) in [5, 5.41) is 0. The van der Waals surface area contributed by atoms with Crippen molar-refractivity contribution in [2.45, 2.75) is 17.5 Å². The number of aryl methyl sites for hydroxylation is 1. The van der Waals surface area contributed by atoms with Gasteiger partial charge in [-0.3, -0.25) is 4.98 Å². The molecule has 3 aromatic heterocycles. The molecule has 0 aliphatic heterocycles. The van der Waals surface area contributed by atoms with Crippen LogP contribution in [-0.2, 0) is 13.2 Å². The Morgan fingerprint density at radius 1 is 1.24 bits per heavy atom. The Kier molecular flexibility index (Phi) is 4.63. The Balaban J connectivity index is 2.09. The molecule has 3 rings (SSSR count). The van der Waals surface area contributed by atoms with Crippen LogP contribution in [0.25, 0.3) is 22.6 Å². The van der Waals surface area contributed by atoms with E-state index in [2.05, 4.69) is 15.0 Å². The lowest BCUT2D eigenvalue weighted by Crippen LogP contribution is -2.05. The molecule has 0 amide bonds. The van der Waals surface area contributed by atoms with Crippen molar-refractivity contribution in [3.05, 3.63) is 36.3 Å². The second-order valence-corrected chi connectivity index (χ2v) is 6.19. The van der Waals surface area contributed by atoms with E-state index in [0.29, 0.717) is 16.3 Å². The lowest BCUT2D eigenvalue weighted by Gasteiger charge is -2.08. The second kappa shape index (κ2) is 6.58. The Morgan fingerprint density at radius 2 is 2.00 bits per heavy atom. The average molecular weight is 374 g/mol. The van der Waals surface area contributed by atoms with Gasteiger partial charge in [-0.25, -0.2) is 18.7 Å². The molecule has 0 saturated carbocycles. The molecule has 3 heterocycles. The highest BCUT2D eigenvalue weighted by Gasteiger charge is 2.31. The first-order chi connectivity index (χ1) is 11.8. The van der Waals surface area contributed by atoms with Gasteiger partial charge < -0.3 is 4.57 Å². The van der Waals surface area contributed by atoms with Crippen LogP contribution in [0, 0.1) is 0 Å². The fourth-order valence-electron chi connectivity index (χ4n) is 2.30. The molecule has 3 aromatic rings. The Bertz CT molecular complexity index is 907. The molecule has 4 nitrogen and oxygen atoms in total. The molecule has 0 aromatic carbocycles. The van der Waals surface area contributed by atoms with E-state index in [9.17, 15) is 22.0 Å². The Labute approximate surface area is 143 Å². The van der Waals surface area contributed by atoms with Gasteiger partial charge in [-0.05, 0) is 12.1 Å². The van der Waals surface area contributed by atoms with Crippen LogP contribution in [0.1, 0.15) is 5.56 Å². The van der Waals surface area contributed by atoms with E-state index in [0.717, 1.165) is 24.0 Å². The maximum Gasteiger partial charge on any atom is 0.417 e. The highest BCUT2D eigenvalue weighted by Crippen LogP contribution is 2.34. The SMILES string of the molecule is Cn1c(-c2ccncc2SCC(F)F)nc2cc(C(F)(F)F)cnc21. The summed E-state index contributed by atoms with van der Waals surface area (Å²) < 4.78 is 65.0. The lowest BCUT2D eigenvalue weighted by molar-refractivity contribution is -0.137. The highest BCUT2D eigenvalue weighted by atomic mass is 32.2. The van der Waals surface area contributed by atoms with Crippen LogP contribution in [0.5, 0.6) is 0 Å². The van der Waals surface area contributed by atoms with Crippen LogP contribution in [0.4, 0.5) is 22.0 Å². The first-order valence-electron chi connectivity index (χ1n) is 7.02. The van der Waals surface area contributed by atoms with Crippen molar-refractivity contribution in [3.63, 3.8) is 0 Å². The number of nitrogens with zero attached hydrogens (tertiary/aromatic N) is 4. The number of aromatic nitrogens is 4. The van der Waals surface area contributed by atoms with Crippen molar-refractivity contribution in [3.8, 4) is 11.4 Å². The molecule has 10 heteroatoms. The number of hydrogen-bond donors (Lipinski definition) is 0. The lowest BCUT2D eigenvalue weighted by atomic mass is 10.2. The summed E-state index contributed by atoms with van der Waals surface area (Å²) in [5.41, 5.74) is -0.0417. The van der Waals surface area contributed by atoms with E-state index in [-0.39, 0.29) is 11.2 Å². The highest BCUT2D eigenvalue weighted by molar-refractivity contribution is 7.99. The summed E-state index contributed by atoms with van der Waals surface area (Å²) >= 11 is 0.910. The molecular weight excluding hydrogens is 363 g/mol. The zero-order valence-corrected chi connectivity index (χ0v) is 13.6. The van der Waals surface area contributed by atoms with Crippen molar-refractivity contribution >= 4 is 22.9 Å². The third kappa shape index (κ3) is 3.58. The van der Waals surface area contributed by atoms with Crippen molar-refractivity contribution in [2.75, 3.05) is 5.75 Å². The van der Waals surface area contributed by atoms with Crippen LogP contribution < -0.4 is 0 Å². The molecule has 0 fully saturated rings. The van der Waals surface area contributed by atoms with E-state index >= 15 is 0 Å². The summed E-state index contributed by atoms with van der Waals surface area (Å²) in [6, 6.07) is 2.50. The summed E-state index contributed by atoms with van der Waals surface area (Å²) in [6.45, 7) is 0. The van der Waals surface area contributed by atoms with Gasteiger partial charge >= 0.3 is 6.18 Å². The smallest absolute Gasteiger partial charge is 0.312 e. The third-order valence-corrected chi connectivity index (χ3v) is 4.48. The fourth-order valence-corrected chi connectivity index (χ4v) is 3.06. The number of imidazole rings is 1. The molecule has 0 bridgehead atoms. The summed E-state index contributed by atoms with van der Waals surface area (Å²) in [4.78, 5) is 12.4. The van der Waals surface area contributed by atoms with Gasteiger partial charge in [-0.2, -0.15) is 13.2 Å². The quantitative estimate of drug-likeness (QED) is 0.501. The average Bonchev–Trinajstić information content (AvgIpc) is 2.89. The topological polar surface area (TPSA) is 43.6 Å². The number of thioether (sulfide) groups is 1. The number of alkyl halides is 5. The summed E-state index contributed by atoms with van der Waals surface area (Å²) in [7, 11) is 1.60. The maximum atomic E-state index is 12.8. The molecule has 0 aliphatic rings. The van der Waals surface area contributed by atoms with Crippen molar-refractivity contribution in [1.82, 2.24) is 19.5 Å². The fraction of sp³-hybridized carbons (Fsp3) is 0.267. The minimum Gasteiger partial charge on any atom is -0.312 e. The van der Waals surface area contributed by atoms with Gasteiger partial charge in [0.05, 0.1) is 11.3 Å². The number of halogens is 5. The monoisotopic (exact) mass is 374 g/mol. The van der Waals surface area contributed by atoms with Crippen molar-refractivity contribution in [2.24, 2.45) is 7.05 Å². The number of rotatable bonds is 4. The molecular formula is C15H11F5N4S. The van der Waals surface area contributed by atoms with E-state index in [1.807, 2.05) is 0 Å². The minimum absolute atomic E-state index is 0.0777. The Hall–Kier alpha value is -2.23. The van der Waals surface area contributed by atoms with Gasteiger partial charge in [-0.15, -0.1) is 11.8 Å². The van der Waals surface area contributed by atoms with E-state index in [1.54, 1.807) is 13.1 Å². The van der Waals surface area contributed by atoms with Crippen molar-refractivity contribution < 1.29 is 22.0 Å². The predicted molar refractivity (Wildman–Crippen MR) is 83.5 cm³/mol. The largest absolute Gasteiger partial charge is 0.417 e. The van der Waals surface area contributed by atoms with Gasteiger partial charge in [0.15, 0.2) is 5.65 Å². The summed E-state index contributed by atoms with van der Waals surface area (Å²) in [5.74, 6) is -0.0833. The van der Waals surface area contributed by atoms with Crippen LogP contribution >= 0.6 is 11.8 Å². The zero-order valence-electron chi connectivity index (χ0n) is 12.8. The molecule has 25 heavy (non-hydrogen) atoms. The van der Waals surface area contributed by atoms with Gasteiger partial charge in [0.25, 0.3) is 0 Å². The number of hydrogen-bond acceptors (Lipinski definition) is 4. The molecule has 0 spiro atoms. The molecule has 0 saturated heterocycles. The first-order valence-corrected chi connectivity index (χ1v) is 8.01. The molecule has 0 N–H and O–H groups in total. The first kappa shape index (κ1) is 17.6. The van der Waals surface area contributed by atoms with Crippen LogP contribution in [-0.4, -0.2) is 31.7 Å². The van der Waals surface area contributed by atoms with Crippen LogP contribution in [0.15, 0.2) is 35.6 Å². The summed E-state index contributed by atoms with van der Waals surface area (Å²) in [6.07, 6.45) is -3.37. The normalized spacial score (nSPS) is 12.3. The van der Waals surface area contributed by atoms with Gasteiger partial charge in [-0.1, -0.05) is 0 Å². The zero-order chi connectivity index (χ0) is 18.2. The molecule has 132 valence electrons. The minimum atomic E-state index is -4.52. The van der Waals surface area contributed by atoms with Gasteiger partial charge in [0.2, 0.25) is 6.43 Å². The Morgan fingerprint density at radius 3 is 2.68 bits per heavy atom. The number of fused-ring (bicyclic) bond motifs is 1. The van der Waals surface area contributed by atoms with Gasteiger partial charge in [0.1, 0.15) is 11.3 Å². The van der Waals surface area contributed by atoms with Crippen LogP contribution in [0.2, 0.25) is 0 Å². The van der Waals surface area contributed by atoms with E-state index < -0.39 is 23.9 Å². The third-order valence-electron chi connectivity index (χ3n) is 3.43. The number of pyridine rings is 2. The van der Waals surface area contributed by atoms with Crippen molar-refractivity contribution in [1.29, 1.82) is 0 Å². The van der Waals surface area contributed by atoms with Gasteiger partial charge in [0, 0.05) is 36.1 Å². The van der Waals surface area contributed by atoms with E-state index in [4.69, 9.17) is 0 Å². The molecule has 0 unspecified atom stereocenters. The van der Waals surface area contributed by atoms with E-state index in [1.165, 1.54) is 17.0 Å². The molecule has 0 radical (unpaired) electrons. The maximum absolute atomic E-state index is 12.8. The molecule has 0 aliphatic carbocycles. The second-order valence-electron chi connectivity index (χ2n) is 5.13.